The molecule has 0 saturated carbocycles. The molecule has 5 heteroatoms. The Morgan fingerprint density at radius 2 is 2.06 bits per heavy atom. The van der Waals surface area contributed by atoms with E-state index in [1.54, 1.807) is 16.8 Å². The first-order chi connectivity index (χ1) is 8.27. The van der Waals surface area contributed by atoms with E-state index in [9.17, 15) is 5.11 Å². The summed E-state index contributed by atoms with van der Waals surface area (Å²) in [6.45, 7) is 0. The van der Waals surface area contributed by atoms with Gasteiger partial charge in [0.2, 0.25) is 0 Å². The zero-order valence-corrected chi connectivity index (χ0v) is 11.8. The maximum absolute atomic E-state index is 10.4. The fourth-order valence-electron chi connectivity index (χ4n) is 1.77. The predicted molar refractivity (Wildman–Crippen MR) is 75.7 cm³/mol. The summed E-state index contributed by atoms with van der Waals surface area (Å²) >= 11 is 6.47. The molecule has 1 unspecified atom stereocenters. The van der Waals surface area contributed by atoms with Gasteiger partial charge in [0.25, 0.3) is 0 Å². The van der Waals surface area contributed by atoms with Crippen molar-refractivity contribution in [1.29, 1.82) is 0 Å². The fraction of sp³-hybridized carbons (Fsp3) is 0.0833. The number of hydrogen-bond donors (Lipinski definition) is 1. The summed E-state index contributed by atoms with van der Waals surface area (Å²) in [6.07, 6.45) is -0.604. The third-order valence-electron chi connectivity index (χ3n) is 2.60. The number of aromatic nitrogens is 1. The summed E-state index contributed by atoms with van der Waals surface area (Å²) in [5.74, 6) is 0. The molecule has 0 amide bonds. The van der Waals surface area contributed by atoms with Gasteiger partial charge in [0.05, 0.1) is 10.4 Å². The van der Waals surface area contributed by atoms with Crippen LogP contribution in [0.1, 0.15) is 16.5 Å². The molecule has 2 aromatic heterocycles. The number of nitrogens with zero attached hydrogens (tertiary/aromatic N) is 1. The first-order valence-electron chi connectivity index (χ1n) is 5.00. The molecule has 3 rings (SSSR count). The van der Waals surface area contributed by atoms with Crippen LogP contribution in [0.5, 0.6) is 0 Å². The summed E-state index contributed by atoms with van der Waals surface area (Å²) in [5.41, 5.74) is 2.69. The van der Waals surface area contributed by atoms with Crippen molar-refractivity contribution in [3.63, 3.8) is 0 Å². The third kappa shape index (κ3) is 1.93. The summed E-state index contributed by atoms with van der Waals surface area (Å²) in [4.78, 5) is 4.96. The van der Waals surface area contributed by atoms with Crippen LogP contribution in [0.3, 0.4) is 0 Å². The van der Waals surface area contributed by atoms with Gasteiger partial charge in [0.15, 0.2) is 0 Å². The van der Waals surface area contributed by atoms with Crippen molar-refractivity contribution in [3.8, 4) is 0 Å². The molecule has 0 bridgehead atoms. The van der Waals surface area contributed by atoms with Crippen molar-refractivity contribution >= 4 is 48.7 Å². The van der Waals surface area contributed by atoms with Gasteiger partial charge in [0.1, 0.15) is 10.7 Å². The van der Waals surface area contributed by atoms with Crippen LogP contribution < -0.4 is 0 Å². The lowest BCUT2D eigenvalue weighted by atomic mass is 10.1. The fourth-order valence-corrected chi connectivity index (χ4v) is 4.16. The summed E-state index contributed by atoms with van der Waals surface area (Å²) in [7, 11) is 0. The molecule has 3 aromatic rings. The number of rotatable bonds is 2. The lowest BCUT2D eigenvalue weighted by Crippen LogP contribution is -1.96. The van der Waals surface area contributed by atoms with Gasteiger partial charge in [-0.3, -0.25) is 0 Å². The molecule has 0 fully saturated rings. The van der Waals surface area contributed by atoms with Gasteiger partial charge in [-0.1, -0.05) is 18.2 Å². The predicted octanol–water partition coefficient (Wildman–Crippen LogP) is 4.20. The Labute approximate surface area is 115 Å². The number of halogens is 1. The molecule has 86 valence electrons. The molecule has 1 atom stereocenters. The van der Waals surface area contributed by atoms with Crippen LogP contribution in [0.2, 0.25) is 0 Å². The lowest BCUT2D eigenvalue weighted by Gasteiger charge is -2.07. The molecule has 0 aliphatic carbocycles. The van der Waals surface area contributed by atoms with E-state index >= 15 is 0 Å². The van der Waals surface area contributed by atoms with E-state index < -0.39 is 6.10 Å². The van der Waals surface area contributed by atoms with E-state index in [4.69, 9.17) is 0 Å². The molecule has 0 aliphatic heterocycles. The highest BCUT2D eigenvalue weighted by Gasteiger charge is 2.19. The number of benzene rings is 1. The van der Waals surface area contributed by atoms with Gasteiger partial charge in [-0.05, 0) is 32.8 Å². The Morgan fingerprint density at radius 1 is 1.24 bits per heavy atom. The number of aliphatic hydroxyl groups excluding tert-OH is 1. The maximum Gasteiger partial charge on any atom is 0.123 e. The van der Waals surface area contributed by atoms with E-state index in [0.29, 0.717) is 0 Å². The number of hydrogen-bond acceptors (Lipinski definition) is 4. The smallest absolute Gasteiger partial charge is 0.123 e. The molecule has 1 N–H and O–H groups in total. The largest absolute Gasteiger partial charge is 0.383 e. The van der Waals surface area contributed by atoms with Gasteiger partial charge < -0.3 is 5.11 Å². The molecule has 1 aromatic carbocycles. The second-order valence-electron chi connectivity index (χ2n) is 3.60. The van der Waals surface area contributed by atoms with Gasteiger partial charge in [-0.15, -0.1) is 22.7 Å². The quantitative estimate of drug-likeness (QED) is 0.765. The molecule has 0 spiro atoms. The Morgan fingerprint density at radius 3 is 2.82 bits per heavy atom. The van der Waals surface area contributed by atoms with E-state index in [0.717, 1.165) is 20.4 Å². The van der Waals surface area contributed by atoms with Crippen LogP contribution in [0.15, 0.2) is 39.8 Å². The van der Waals surface area contributed by atoms with Crippen LogP contribution in [0.4, 0.5) is 0 Å². The van der Waals surface area contributed by atoms with Gasteiger partial charge in [0, 0.05) is 10.3 Å². The molecule has 0 radical (unpaired) electrons. The van der Waals surface area contributed by atoms with Crippen molar-refractivity contribution in [2.45, 2.75) is 6.10 Å². The van der Waals surface area contributed by atoms with E-state index in [-0.39, 0.29) is 0 Å². The number of thiazole rings is 1. The van der Waals surface area contributed by atoms with Crippen molar-refractivity contribution in [1.82, 2.24) is 4.98 Å². The van der Waals surface area contributed by atoms with Gasteiger partial charge >= 0.3 is 0 Å². The minimum Gasteiger partial charge on any atom is -0.383 e. The van der Waals surface area contributed by atoms with Crippen LogP contribution >= 0.6 is 38.6 Å². The first kappa shape index (κ1) is 11.3. The number of thiophene rings is 1. The zero-order chi connectivity index (χ0) is 11.8. The Bertz CT molecular complexity index is 661. The Hall–Kier alpha value is -0.750. The summed E-state index contributed by atoms with van der Waals surface area (Å²) < 4.78 is 1.92. The minimum absolute atomic E-state index is 0.604. The maximum atomic E-state index is 10.4. The van der Waals surface area contributed by atoms with E-state index in [2.05, 4.69) is 27.0 Å². The highest BCUT2D eigenvalue weighted by atomic mass is 79.9. The average Bonchev–Trinajstić information content (AvgIpc) is 2.94. The third-order valence-corrected chi connectivity index (χ3v) is 5.36. The molecule has 0 aliphatic rings. The summed E-state index contributed by atoms with van der Waals surface area (Å²) in [6, 6.07) is 8.11. The molecule has 2 heterocycles. The zero-order valence-electron chi connectivity index (χ0n) is 8.63. The van der Waals surface area contributed by atoms with Gasteiger partial charge in [-0.2, -0.15) is 0 Å². The van der Waals surface area contributed by atoms with Crippen molar-refractivity contribution < 1.29 is 5.11 Å². The number of fused-ring (bicyclic) bond motifs is 1. The van der Waals surface area contributed by atoms with E-state index in [1.165, 1.54) is 16.0 Å². The monoisotopic (exact) mass is 325 g/mol. The normalized spacial score (nSPS) is 13.1. The lowest BCUT2D eigenvalue weighted by molar-refractivity contribution is 0.225. The molecule has 17 heavy (non-hydrogen) atoms. The van der Waals surface area contributed by atoms with Crippen LogP contribution in [0.25, 0.3) is 10.1 Å². The van der Waals surface area contributed by atoms with Gasteiger partial charge in [-0.25, -0.2) is 4.98 Å². The second kappa shape index (κ2) is 4.49. The first-order valence-corrected chi connectivity index (χ1v) is 7.55. The number of aliphatic hydroxyl groups is 1. The van der Waals surface area contributed by atoms with Crippen LogP contribution in [-0.2, 0) is 0 Å². The van der Waals surface area contributed by atoms with Crippen molar-refractivity contribution in [2.75, 3.05) is 0 Å². The Balaban J connectivity index is 2.13. The Kier molecular flexibility index (Phi) is 3.00. The molecular weight excluding hydrogens is 318 g/mol. The second-order valence-corrected chi connectivity index (χ2v) is 6.15. The highest BCUT2D eigenvalue weighted by molar-refractivity contribution is 9.10. The van der Waals surface area contributed by atoms with E-state index in [1.807, 2.05) is 23.6 Å². The minimum atomic E-state index is -0.604. The highest BCUT2D eigenvalue weighted by Crippen LogP contribution is 2.37. The topological polar surface area (TPSA) is 33.1 Å². The van der Waals surface area contributed by atoms with Crippen LogP contribution in [0, 0.1) is 0 Å². The van der Waals surface area contributed by atoms with Crippen molar-refractivity contribution in [2.24, 2.45) is 0 Å². The summed E-state index contributed by atoms with van der Waals surface area (Å²) in [5, 5.41) is 13.5. The molecule has 0 saturated heterocycles. The average molecular weight is 326 g/mol. The SMILES string of the molecule is OC(c1scnc1Br)c1csc2ccccc12. The standard InChI is InChI=1S/C12H8BrNOS2/c13-12-11(17-6-14-12)10(15)8-5-16-9-4-2-1-3-7(8)9/h1-6,10,15H. The molecular formula is C12H8BrNOS2. The van der Waals surface area contributed by atoms with Crippen molar-refractivity contribution in [3.05, 3.63) is 50.2 Å². The van der Waals surface area contributed by atoms with Crippen LogP contribution in [-0.4, -0.2) is 10.1 Å². The molecule has 2 nitrogen and oxygen atoms in total.